The number of hydrogen-bond acceptors (Lipinski definition) is 2. The van der Waals surface area contributed by atoms with Crippen LogP contribution in [0.3, 0.4) is 0 Å². The zero-order valence-corrected chi connectivity index (χ0v) is 15.2. The van der Waals surface area contributed by atoms with Crippen LogP contribution in [-0.2, 0) is 11.3 Å². The van der Waals surface area contributed by atoms with Gasteiger partial charge in [-0.15, -0.1) is 0 Å². The van der Waals surface area contributed by atoms with Gasteiger partial charge in [-0.25, -0.2) is 0 Å². The SMILES string of the molecule is CN(Cc1ccc(N2CCCCC2)cc1)C(=O)CCC1CCCC1. The van der Waals surface area contributed by atoms with Crippen LogP contribution in [0.2, 0.25) is 0 Å². The topological polar surface area (TPSA) is 23.6 Å². The van der Waals surface area contributed by atoms with E-state index in [1.807, 2.05) is 11.9 Å². The average Bonchev–Trinajstić information content (AvgIpc) is 3.14. The Balaban J connectivity index is 1.46. The van der Waals surface area contributed by atoms with E-state index < -0.39 is 0 Å². The van der Waals surface area contributed by atoms with E-state index >= 15 is 0 Å². The van der Waals surface area contributed by atoms with Crippen LogP contribution in [0.15, 0.2) is 24.3 Å². The van der Waals surface area contributed by atoms with Crippen molar-refractivity contribution in [3.05, 3.63) is 29.8 Å². The van der Waals surface area contributed by atoms with Crippen LogP contribution in [0, 0.1) is 5.92 Å². The van der Waals surface area contributed by atoms with Crippen LogP contribution >= 0.6 is 0 Å². The lowest BCUT2D eigenvalue weighted by Crippen LogP contribution is -2.29. The molecule has 1 saturated carbocycles. The van der Waals surface area contributed by atoms with Crippen LogP contribution in [-0.4, -0.2) is 30.9 Å². The maximum atomic E-state index is 12.3. The van der Waals surface area contributed by atoms with Gasteiger partial charge in [0.15, 0.2) is 0 Å². The summed E-state index contributed by atoms with van der Waals surface area (Å²) in [6.07, 6.45) is 11.1. The quantitative estimate of drug-likeness (QED) is 0.761. The van der Waals surface area contributed by atoms with Gasteiger partial charge < -0.3 is 9.80 Å². The molecule has 0 atom stereocenters. The zero-order chi connectivity index (χ0) is 16.8. The third-order valence-corrected chi connectivity index (χ3v) is 5.74. The Kier molecular flexibility index (Phi) is 6.17. The minimum absolute atomic E-state index is 0.294. The zero-order valence-electron chi connectivity index (χ0n) is 15.2. The monoisotopic (exact) mass is 328 g/mol. The summed E-state index contributed by atoms with van der Waals surface area (Å²) in [5, 5.41) is 0. The fourth-order valence-electron chi connectivity index (χ4n) is 4.14. The standard InChI is InChI=1S/C21H32N2O/c1-22(21(24)14-11-18-7-3-4-8-18)17-19-9-12-20(13-10-19)23-15-5-2-6-16-23/h9-10,12-13,18H,2-8,11,14-17H2,1H3. The molecular weight excluding hydrogens is 296 g/mol. The number of carbonyl (C=O) groups is 1. The molecule has 3 heteroatoms. The number of piperidine rings is 1. The van der Waals surface area contributed by atoms with E-state index in [2.05, 4.69) is 29.2 Å². The normalized spacial score (nSPS) is 18.8. The molecule has 0 spiro atoms. The van der Waals surface area contributed by atoms with E-state index in [-0.39, 0.29) is 0 Å². The van der Waals surface area contributed by atoms with Gasteiger partial charge in [0, 0.05) is 38.8 Å². The summed E-state index contributed by atoms with van der Waals surface area (Å²) in [6, 6.07) is 8.81. The molecule has 2 aliphatic rings. The maximum Gasteiger partial charge on any atom is 0.222 e. The van der Waals surface area contributed by atoms with Gasteiger partial charge in [0.2, 0.25) is 5.91 Å². The Labute approximate surface area is 147 Å². The van der Waals surface area contributed by atoms with E-state index in [1.165, 1.54) is 69.3 Å². The highest BCUT2D eigenvalue weighted by Gasteiger charge is 2.18. The molecule has 1 aromatic carbocycles. The first-order valence-electron chi connectivity index (χ1n) is 9.80. The molecule has 1 amide bonds. The summed E-state index contributed by atoms with van der Waals surface area (Å²) in [5.41, 5.74) is 2.56. The molecule has 0 unspecified atom stereocenters. The maximum absolute atomic E-state index is 12.3. The lowest BCUT2D eigenvalue weighted by molar-refractivity contribution is -0.130. The number of nitrogens with zero attached hydrogens (tertiary/aromatic N) is 2. The Hall–Kier alpha value is -1.51. The van der Waals surface area contributed by atoms with Crippen molar-refractivity contribution in [1.82, 2.24) is 4.90 Å². The summed E-state index contributed by atoms with van der Waals surface area (Å²) < 4.78 is 0. The number of amides is 1. The Morgan fingerprint density at radius 2 is 1.71 bits per heavy atom. The van der Waals surface area contributed by atoms with Gasteiger partial charge in [-0.3, -0.25) is 4.79 Å². The third-order valence-electron chi connectivity index (χ3n) is 5.74. The van der Waals surface area contributed by atoms with Gasteiger partial charge in [-0.2, -0.15) is 0 Å². The van der Waals surface area contributed by atoms with Crippen molar-refractivity contribution < 1.29 is 4.79 Å². The molecule has 24 heavy (non-hydrogen) atoms. The highest BCUT2D eigenvalue weighted by molar-refractivity contribution is 5.75. The molecule has 1 saturated heterocycles. The van der Waals surface area contributed by atoms with Crippen LogP contribution in [0.1, 0.15) is 63.4 Å². The first-order chi connectivity index (χ1) is 11.7. The molecule has 132 valence electrons. The minimum Gasteiger partial charge on any atom is -0.372 e. The summed E-state index contributed by atoms with van der Waals surface area (Å²) in [6.45, 7) is 3.08. The fraction of sp³-hybridized carbons (Fsp3) is 0.667. The fourth-order valence-corrected chi connectivity index (χ4v) is 4.14. The van der Waals surface area contributed by atoms with E-state index in [9.17, 15) is 4.79 Å². The Morgan fingerprint density at radius 1 is 1.04 bits per heavy atom. The molecule has 0 N–H and O–H groups in total. The number of carbonyl (C=O) groups excluding carboxylic acids is 1. The van der Waals surface area contributed by atoms with Gasteiger partial charge >= 0.3 is 0 Å². The van der Waals surface area contributed by atoms with E-state index in [4.69, 9.17) is 0 Å². The van der Waals surface area contributed by atoms with Crippen molar-refractivity contribution in [2.24, 2.45) is 5.92 Å². The highest BCUT2D eigenvalue weighted by Crippen LogP contribution is 2.28. The summed E-state index contributed by atoms with van der Waals surface area (Å²) in [5.74, 6) is 1.09. The van der Waals surface area contributed by atoms with Crippen molar-refractivity contribution in [2.45, 2.75) is 64.3 Å². The van der Waals surface area contributed by atoms with Gasteiger partial charge in [-0.05, 0) is 49.3 Å². The molecule has 1 heterocycles. The molecule has 0 aromatic heterocycles. The molecular formula is C21H32N2O. The summed E-state index contributed by atoms with van der Waals surface area (Å²) >= 11 is 0. The second-order valence-corrected chi connectivity index (χ2v) is 7.65. The predicted molar refractivity (Wildman–Crippen MR) is 100 cm³/mol. The minimum atomic E-state index is 0.294. The smallest absolute Gasteiger partial charge is 0.222 e. The lowest BCUT2D eigenvalue weighted by Gasteiger charge is -2.29. The van der Waals surface area contributed by atoms with E-state index in [1.54, 1.807) is 0 Å². The first kappa shape index (κ1) is 17.3. The van der Waals surface area contributed by atoms with Crippen molar-refractivity contribution in [1.29, 1.82) is 0 Å². The van der Waals surface area contributed by atoms with Gasteiger partial charge in [0.05, 0.1) is 0 Å². The molecule has 3 rings (SSSR count). The molecule has 0 radical (unpaired) electrons. The predicted octanol–water partition coefficient (Wildman–Crippen LogP) is 4.61. The molecule has 3 nitrogen and oxygen atoms in total. The number of benzene rings is 1. The lowest BCUT2D eigenvalue weighted by atomic mass is 10.0. The second kappa shape index (κ2) is 8.55. The number of hydrogen-bond donors (Lipinski definition) is 0. The van der Waals surface area contributed by atoms with Gasteiger partial charge in [0.25, 0.3) is 0 Å². The van der Waals surface area contributed by atoms with Crippen LogP contribution < -0.4 is 4.90 Å². The summed E-state index contributed by atoms with van der Waals surface area (Å²) in [4.78, 5) is 16.7. The summed E-state index contributed by atoms with van der Waals surface area (Å²) in [7, 11) is 1.94. The van der Waals surface area contributed by atoms with Crippen LogP contribution in [0.4, 0.5) is 5.69 Å². The van der Waals surface area contributed by atoms with Crippen molar-refractivity contribution in [3.8, 4) is 0 Å². The van der Waals surface area contributed by atoms with E-state index in [0.29, 0.717) is 12.3 Å². The molecule has 2 fully saturated rings. The molecule has 1 aromatic rings. The van der Waals surface area contributed by atoms with E-state index in [0.717, 1.165) is 18.9 Å². The molecule has 1 aliphatic carbocycles. The molecule has 0 bridgehead atoms. The largest absolute Gasteiger partial charge is 0.372 e. The first-order valence-corrected chi connectivity index (χ1v) is 9.80. The van der Waals surface area contributed by atoms with Crippen molar-refractivity contribution >= 4 is 11.6 Å². The Morgan fingerprint density at radius 3 is 2.38 bits per heavy atom. The van der Waals surface area contributed by atoms with Crippen molar-refractivity contribution in [3.63, 3.8) is 0 Å². The van der Waals surface area contributed by atoms with Crippen molar-refractivity contribution in [2.75, 3.05) is 25.0 Å². The van der Waals surface area contributed by atoms with Gasteiger partial charge in [0.1, 0.15) is 0 Å². The molecule has 1 aliphatic heterocycles. The third kappa shape index (κ3) is 4.75. The van der Waals surface area contributed by atoms with Crippen LogP contribution in [0.25, 0.3) is 0 Å². The number of anilines is 1. The highest BCUT2D eigenvalue weighted by atomic mass is 16.2. The van der Waals surface area contributed by atoms with Gasteiger partial charge in [-0.1, -0.05) is 37.8 Å². The second-order valence-electron chi connectivity index (χ2n) is 7.65. The Bertz CT molecular complexity index is 513. The van der Waals surface area contributed by atoms with Crippen LogP contribution in [0.5, 0.6) is 0 Å². The average molecular weight is 329 g/mol. The number of rotatable bonds is 6.